The Balaban J connectivity index is 1.52. The Kier molecular flexibility index (Phi) is 5.47. The number of nitrogens with zero attached hydrogens (tertiary/aromatic N) is 4. The zero-order chi connectivity index (χ0) is 20.5. The van der Waals surface area contributed by atoms with Crippen molar-refractivity contribution in [1.82, 2.24) is 25.2 Å². The van der Waals surface area contributed by atoms with Crippen LogP contribution in [-0.4, -0.2) is 39.9 Å². The molecule has 2 heterocycles. The number of aromatic nitrogens is 3. The van der Waals surface area contributed by atoms with E-state index in [1.165, 1.54) is 15.1 Å². The van der Waals surface area contributed by atoms with Gasteiger partial charge < -0.3 is 5.32 Å². The molecular weight excluding hydrogens is 386 g/mol. The van der Waals surface area contributed by atoms with Gasteiger partial charge in [0, 0.05) is 24.0 Å². The number of hydrogen-bond acceptors (Lipinski definition) is 6. The van der Waals surface area contributed by atoms with Crippen LogP contribution < -0.4 is 10.9 Å². The summed E-state index contributed by atoms with van der Waals surface area (Å²) >= 11 is 1.62. The van der Waals surface area contributed by atoms with E-state index in [9.17, 15) is 9.59 Å². The van der Waals surface area contributed by atoms with Crippen molar-refractivity contribution >= 4 is 27.5 Å². The van der Waals surface area contributed by atoms with Crippen LogP contribution in [0.4, 0.5) is 0 Å². The van der Waals surface area contributed by atoms with E-state index in [4.69, 9.17) is 0 Å². The number of fused-ring (bicyclic) bond motifs is 3. The fourth-order valence-electron chi connectivity index (χ4n) is 3.88. The molecule has 1 atom stereocenters. The monoisotopic (exact) mass is 411 g/mol. The maximum atomic E-state index is 13.1. The summed E-state index contributed by atoms with van der Waals surface area (Å²) in [4.78, 5) is 28.8. The lowest BCUT2D eigenvalue weighted by Gasteiger charge is -2.18. The fraction of sp³-hybridized carbons (Fsp3) is 0.429. The molecule has 4 rings (SSSR count). The largest absolute Gasteiger partial charge is 0.355 e. The maximum absolute atomic E-state index is 13.1. The van der Waals surface area contributed by atoms with Crippen molar-refractivity contribution in [3.63, 3.8) is 0 Å². The minimum Gasteiger partial charge on any atom is -0.355 e. The zero-order valence-corrected chi connectivity index (χ0v) is 17.8. The van der Waals surface area contributed by atoms with E-state index in [2.05, 4.69) is 22.6 Å². The Bertz CT molecular complexity index is 1100. The molecule has 152 valence electrons. The minimum atomic E-state index is -0.103. The zero-order valence-electron chi connectivity index (χ0n) is 16.9. The third-order valence-electron chi connectivity index (χ3n) is 5.46. The average molecular weight is 412 g/mol. The number of carbonyl (C=O) groups is 1. The first-order valence-electron chi connectivity index (χ1n) is 9.84. The van der Waals surface area contributed by atoms with Crippen LogP contribution in [0.15, 0.2) is 29.1 Å². The molecule has 0 saturated heterocycles. The Morgan fingerprint density at radius 3 is 2.83 bits per heavy atom. The number of hydrogen-bond donors (Lipinski definition) is 1. The highest BCUT2D eigenvalue weighted by Gasteiger charge is 2.23. The normalized spacial score (nSPS) is 16.2. The smallest absolute Gasteiger partial charge is 0.280 e. The molecule has 3 aromatic rings. The highest BCUT2D eigenvalue weighted by molar-refractivity contribution is 7.18. The first kappa shape index (κ1) is 19.7. The predicted molar refractivity (Wildman–Crippen MR) is 114 cm³/mol. The first-order chi connectivity index (χ1) is 14.0. The van der Waals surface area contributed by atoms with Gasteiger partial charge in [0.25, 0.3) is 11.5 Å². The average Bonchev–Trinajstić information content (AvgIpc) is 3.08. The molecule has 1 aliphatic carbocycles. The summed E-state index contributed by atoms with van der Waals surface area (Å²) in [6, 6.07) is 7.46. The third kappa shape index (κ3) is 3.95. The number of nitrogens with one attached hydrogen (secondary N) is 1. The highest BCUT2D eigenvalue weighted by Crippen LogP contribution is 2.35. The number of rotatable bonds is 5. The summed E-state index contributed by atoms with van der Waals surface area (Å²) in [5.74, 6) is 0.556. The molecule has 29 heavy (non-hydrogen) atoms. The summed E-state index contributed by atoms with van der Waals surface area (Å²) in [5, 5.41) is 11.9. The second-order valence-electron chi connectivity index (χ2n) is 7.86. The Morgan fingerprint density at radius 1 is 1.34 bits per heavy atom. The molecule has 8 heteroatoms. The van der Waals surface area contributed by atoms with Gasteiger partial charge in [-0.1, -0.05) is 24.3 Å². The molecular formula is C21H25N5O2S. The van der Waals surface area contributed by atoms with E-state index >= 15 is 0 Å². The van der Waals surface area contributed by atoms with Gasteiger partial charge in [0.2, 0.25) is 0 Å². The van der Waals surface area contributed by atoms with Crippen LogP contribution in [0.1, 0.15) is 39.7 Å². The van der Waals surface area contributed by atoms with Crippen LogP contribution in [0.3, 0.4) is 0 Å². The molecule has 0 fully saturated rings. The molecule has 0 spiro atoms. The summed E-state index contributed by atoms with van der Waals surface area (Å²) in [5.41, 5.74) is 2.82. The van der Waals surface area contributed by atoms with Crippen LogP contribution in [0, 0.1) is 5.92 Å². The van der Waals surface area contributed by atoms with Gasteiger partial charge >= 0.3 is 0 Å². The molecule has 0 saturated carbocycles. The quantitative estimate of drug-likeness (QED) is 0.698. The van der Waals surface area contributed by atoms with E-state index in [1.807, 2.05) is 24.1 Å². The molecule has 0 unspecified atom stereocenters. The van der Waals surface area contributed by atoms with E-state index in [1.54, 1.807) is 30.5 Å². The van der Waals surface area contributed by atoms with Gasteiger partial charge in [-0.3, -0.25) is 14.5 Å². The van der Waals surface area contributed by atoms with E-state index in [0.29, 0.717) is 24.7 Å². The fourth-order valence-corrected chi connectivity index (χ4v) is 5.20. The first-order valence-corrected chi connectivity index (χ1v) is 10.7. The summed E-state index contributed by atoms with van der Waals surface area (Å²) in [6.07, 6.45) is 3.10. The predicted octanol–water partition coefficient (Wildman–Crippen LogP) is 2.43. The van der Waals surface area contributed by atoms with Gasteiger partial charge in [-0.15, -0.1) is 16.4 Å². The maximum Gasteiger partial charge on any atom is 0.280 e. The summed E-state index contributed by atoms with van der Waals surface area (Å²) < 4.78 is 1.45. The van der Waals surface area contributed by atoms with Crippen LogP contribution in [0.2, 0.25) is 0 Å². The highest BCUT2D eigenvalue weighted by atomic mass is 32.1. The number of thiophene rings is 1. The van der Waals surface area contributed by atoms with Crippen LogP contribution in [-0.2, 0) is 26.1 Å². The van der Waals surface area contributed by atoms with Crippen LogP contribution in [0.5, 0.6) is 0 Å². The Labute approximate surface area is 173 Å². The van der Waals surface area contributed by atoms with Crippen molar-refractivity contribution in [3.8, 4) is 0 Å². The lowest BCUT2D eigenvalue weighted by Crippen LogP contribution is -2.32. The van der Waals surface area contributed by atoms with Crippen molar-refractivity contribution in [2.75, 3.05) is 14.1 Å². The van der Waals surface area contributed by atoms with Crippen LogP contribution in [0.25, 0.3) is 10.2 Å². The molecule has 2 aromatic heterocycles. The van der Waals surface area contributed by atoms with E-state index < -0.39 is 0 Å². The number of carbonyl (C=O) groups excluding carboxylic acids is 1. The van der Waals surface area contributed by atoms with Gasteiger partial charge in [-0.05, 0) is 55.5 Å². The molecule has 0 aliphatic heterocycles. The van der Waals surface area contributed by atoms with Gasteiger partial charge in [0.05, 0.1) is 12.1 Å². The van der Waals surface area contributed by atoms with Crippen molar-refractivity contribution < 1.29 is 4.79 Å². The van der Waals surface area contributed by atoms with E-state index in [0.717, 1.165) is 35.0 Å². The number of aryl methyl sites for hydroxylation is 1. The Morgan fingerprint density at radius 2 is 2.10 bits per heavy atom. The molecule has 1 aromatic carbocycles. The lowest BCUT2D eigenvalue weighted by atomic mass is 9.89. The SMILES string of the molecule is CNC(=O)c1ccc(CN(C)Cn2nnc3sc4c(c3c2=O)CC[C@@H](C)C4)cc1. The van der Waals surface area contributed by atoms with Gasteiger partial charge in [-0.2, -0.15) is 4.68 Å². The molecule has 0 radical (unpaired) electrons. The van der Waals surface area contributed by atoms with Gasteiger partial charge in [-0.25, -0.2) is 0 Å². The summed E-state index contributed by atoms with van der Waals surface area (Å²) in [7, 11) is 3.56. The molecule has 0 bridgehead atoms. The molecule has 1 aliphatic rings. The molecule has 1 N–H and O–H groups in total. The molecule has 7 nitrogen and oxygen atoms in total. The second kappa shape index (κ2) is 8.04. The van der Waals surface area contributed by atoms with Crippen LogP contribution >= 0.6 is 11.3 Å². The van der Waals surface area contributed by atoms with Crippen molar-refractivity contribution in [2.24, 2.45) is 5.92 Å². The number of benzene rings is 1. The molecule has 1 amide bonds. The number of amides is 1. The lowest BCUT2D eigenvalue weighted by molar-refractivity contribution is 0.0963. The van der Waals surface area contributed by atoms with Gasteiger partial charge in [0.15, 0.2) is 4.83 Å². The Hall–Kier alpha value is -2.58. The minimum absolute atomic E-state index is 0.0520. The van der Waals surface area contributed by atoms with Gasteiger partial charge in [0.1, 0.15) is 0 Å². The second-order valence-corrected chi connectivity index (χ2v) is 8.94. The third-order valence-corrected chi connectivity index (χ3v) is 6.59. The topological polar surface area (TPSA) is 80.1 Å². The van der Waals surface area contributed by atoms with E-state index in [-0.39, 0.29) is 11.5 Å². The van der Waals surface area contributed by atoms with Crippen molar-refractivity contribution in [1.29, 1.82) is 0 Å². The van der Waals surface area contributed by atoms with Crippen molar-refractivity contribution in [2.45, 2.75) is 39.4 Å². The standard InChI is InChI=1S/C21H25N5O2S/c1-13-4-9-16-17(10-13)29-20-18(16)21(28)26(24-23-20)12-25(3)11-14-5-7-15(8-6-14)19(27)22-2/h5-8,13H,4,9-12H2,1-3H3,(H,22,27)/t13-/m1/s1. The summed E-state index contributed by atoms with van der Waals surface area (Å²) in [6.45, 7) is 3.26. The van der Waals surface area contributed by atoms with Crippen molar-refractivity contribution in [3.05, 3.63) is 56.2 Å².